The second-order valence-corrected chi connectivity index (χ2v) is 4.96. The van der Waals surface area contributed by atoms with Gasteiger partial charge >= 0.3 is 6.18 Å². The summed E-state index contributed by atoms with van der Waals surface area (Å²) in [6, 6.07) is -0.0156. The van der Waals surface area contributed by atoms with Crippen LogP contribution in [-0.4, -0.2) is 51.5 Å². The molecule has 0 spiro atoms. The molecule has 1 N–H and O–H groups in total. The predicted molar refractivity (Wildman–Crippen MR) is 72.7 cm³/mol. The molecule has 124 valence electrons. The quantitative estimate of drug-likeness (QED) is 0.863. The van der Waals surface area contributed by atoms with Gasteiger partial charge in [0.05, 0.1) is 14.2 Å². The number of hydrogen-bond acceptors (Lipinski definition) is 4. The van der Waals surface area contributed by atoms with E-state index in [0.29, 0.717) is 13.1 Å². The highest BCUT2D eigenvalue weighted by molar-refractivity contribution is 5.45. The minimum absolute atomic E-state index is 0.0602. The Morgan fingerprint density at radius 1 is 1.09 bits per heavy atom. The molecular formula is C14H18F4N2O2. The lowest BCUT2D eigenvalue weighted by molar-refractivity contribution is -0.188. The van der Waals surface area contributed by atoms with Crippen molar-refractivity contribution in [3.8, 4) is 11.5 Å². The first-order valence-electron chi connectivity index (χ1n) is 6.81. The van der Waals surface area contributed by atoms with Crippen molar-refractivity contribution < 1.29 is 27.0 Å². The van der Waals surface area contributed by atoms with Crippen molar-refractivity contribution in [2.75, 3.05) is 40.4 Å². The van der Waals surface area contributed by atoms with Crippen molar-refractivity contribution in [3.63, 3.8) is 0 Å². The van der Waals surface area contributed by atoms with Gasteiger partial charge in [-0.1, -0.05) is 0 Å². The molecule has 22 heavy (non-hydrogen) atoms. The number of ether oxygens (including phenoxy) is 2. The SMILES string of the molecule is COc1cc(F)c([C@@H](N2CCNCC2)C(F)(F)F)cc1OC. The van der Waals surface area contributed by atoms with Crippen LogP contribution in [0.1, 0.15) is 11.6 Å². The van der Waals surface area contributed by atoms with Gasteiger partial charge in [0, 0.05) is 37.8 Å². The average Bonchev–Trinajstić information content (AvgIpc) is 2.48. The zero-order chi connectivity index (χ0) is 16.3. The number of benzene rings is 1. The van der Waals surface area contributed by atoms with Crippen LogP contribution in [0.15, 0.2) is 12.1 Å². The monoisotopic (exact) mass is 322 g/mol. The van der Waals surface area contributed by atoms with E-state index in [0.717, 1.165) is 12.1 Å². The largest absolute Gasteiger partial charge is 0.493 e. The van der Waals surface area contributed by atoms with Crippen molar-refractivity contribution >= 4 is 0 Å². The second-order valence-electron chi connectivity index (χ2n) is 4.96. The van der Waals surface area contributed by atoms with E-state index >= 15 is 0 Å². The van der Waals surface area contributed by atoms with Gasteiger partial charge in [-0.2, -0.15) is 13.2 Å². The third kappa shape index (κ3) is 3.44. The van der Waals surface area contributed by atoms with E-state index in [9.17, 15) is 17.6 Å². The summed E-state index contributed by atoms with van der Waals surface area (Å²) >= 11 is 0. The smallest absolute Gasteiger partial charge is 0.408 e. The number of hydrogen-bond donors (Lipinski definition) is 1. The summed E-state index contributed by atoms with van der Waals surface area (Å²) in [7, 11) is 2.60. The maximum absolute atomic E-state index is 14.2. The first-order valence-corrected chi connectivity index (χ1v) is 6.81. The second kappa shape index (κ2) is 6.70. The normalized spacial score (nSPS) is 18.1. The van der Waals surface area contributed by atoms with Gasteiger partial charge in [-0.15, -0.1) is 0 Å². The lowest BCUT2D eigenvalue weighted by Gasteiger charge is -2.36. The van der Waals surface area contributed by atoms with Gasteiger partial charge in [-0.25, -0.2) is 4.39 Å². The van der Waals surface area contributed by atoms with E-state index in [1.165, 1.54) is 19.1 Å². The lowest BCUT2D eigenvalue weighted by Crippen LogP contribution is -2.49. The van der Waals surface area contributed by atoms with Crippen molar-refractivity contribution in [1.29, 1.82) is 0 Å². The fourth-order valence-corrected chi connectivity index (χ4v) is 2.60. The number of alkyl halides is 3. The summed E-state index contributed by atoms with van der Waals surface area (Å²) in [6.45, 7) is 1.25. The molecule has 1 fully saturated rings. The molecule has 4 nitrogen and oxygen atoms in total. The van der Waals surface area contributed by atoms with Gasteiger partial charge < -0.3 is 14.8 Å². The van der Waals surface area contributed by atoms with Crippen LogP contribution in [0.25, 0.3) is 0 Å². The Morgan fingerprint density at radius 3 is 2.14 bits per heavy atom. The van der Waals surface area contributed by atoms with Crippen LogP contribution in [0, 0.1) is 5.82 Å². The third-order valence-electron chi connectivity index (χ3n) is 3.62. The topological polar surface area (TPSA) is 33.7 Å². The first kappa shape index (κ1) is 16.8. The summed E-state index contributed by atoms with van der Waals surface area (Å²) in [6.07, 6.45) is -4.59. The van der Waals surface area contributed by atoms with Crippen LogP contribution in [0.2, 0.25) is 0 Å². The molecular weight excluding hydrogens is 304 g/mol. The molecule has 0 aliphatic carbocycles. The molecule has 1 aliphatic heterocycles. The zero-order valence-corrected chi connectivity index (χ0v) is 12.3. The minimum Gasteiger partial charge on any atom is -0.493 e. The van der Waals surface area contributed by atoms with Crippen LogP contribution in [0.4, 0.5) is 17.6 Å². The Balaban J connectivity index is 2.47. The molecule has 1 aromatic rings. The highest BCUT2D eigenvalue weighted by Crippen LogP contribution is 2.42. The Labute approximate surface area is 126 Å². The van der Waals surface area contributed by atoms with Gasteiger partial charge in [0.25, 0.3) is 0 Å². The molecule has 1 heterocycles. The molecule has 8 heteroatoms. The van der Waals surface area contributed by atoms with E-state index < -0.39 is 23.6 Å². The maximum Gasteiger partial charge on any atom is 0.408 e. The van der Waals surface area contributed by atoms with Crippen LogP contribution < -0.4 is 14.8 Å². The summed E-state index contributed by atoms with van der Waals surface area (Å²) in [5, 5.41) is 2.98. The molecule has 0 unspecified atom stereocenters. The number of methoxy groups -OCH3 is 2. The summed E-state index contributed by atoms with van der Waals surface area (Å²) in [5.74, 6) is -0.827. The van der Waals surface area contributed by atoms with Crippen LogP contribution in [0.3, 0.4) is 0 Å². The third-order valence-corrected chi connectivity index (χ3v) is 3.62. The van der Waals surface area contributed by atoms with Crippen LogP contribution in [0.5, 0.6) is 11.5 Å². The standard InChI is InChI=1S/C14H18F4N2O2/c1-21-11-7-9(10(15)8-12(11)22-2)13(14(16,17)18)20-5-3-19-4-6-20/h7-8,13,19H,3-6H2,1-2H3/t13-/m1/s1. The van der Waals surface area contributed by atoms with Crippen molar-refractivity contribution in [2.45, 2.75) is 12.2 Å². The highest BCUT2D eigenvalue weighted by atomic mass is 19.4. The molecule has 0 radical (unpaired) electrons. The van der Waals surface area contributed by atoms with E-state index in [-0.39, 0.29) is 24.6 Å². The fourth-order valence-electron chi connectivity index (χ4n) is 2.60. The molecule has 0 saturated carbocycles. The Bertz CT molecular complexity index is 516. The Kier molecular flexibility index (Phi) is 5.12. The number of piperazine rings is 1. The molecule has 1 aromatic carbocycles. The van der Waals surface area contributed by atoms with E-state index in [1.807, 2.05) is 0 Å². The highest BCUT2D eigenvalue weighted by Gasteiger charge is 2.46. The van der Waals surface area contributed by atoms with Crippen molar-refractivity contribution in [3.05, 3.63) is 23.5 Å². The van der Waals surface area contributed by atoms with Gasteiger partial charge in [0.15, 0.2) is 11.5 Å². The average molecular weight is 322 g/mol. The number of nitrogens with zero attached hydrogens (tertiary/aromatic N) is 1. The van der Waals surface area contributed by atoms with Gasteiger partial charge in [-0.3, -0.25) is 4.90 Å². The molecule has 0 bridgehead atoms. The minimum atomic E-state index is -4.59. The van der Waals surface area contributed by atoms with Gasteiger partial charge in [-0.05, 0) is 6.07 Å². The number of nitrogens with one attached hydrogen (secondary N) is 1. The van der Waals surface area contributed by atoms with Crippen LogP contribution >= 0.6 is 0 Å². The Hall–Kier alpha value is -1.54. The molecule has 2 rings (SSSR count). The summed E-state index contributed by atoms with van der Waals surface area (Å²) < 4.78 is 64.6. The molecule has 1 atom stereocenters. The Morgan fingerprint density at radius 2 is 1.64 bits per heavy atom. The van der Waals surface area contributed by atoms with E-state index in [4.69, 9.17) is 9.47 Å². The summed E-state index contributed by atoms with van der Waals surface area (Å²) in [4.78, 5) is 1.22. The lowest BCUT2D eigenvalue weighted by atomic mass is 10.0. The summed E-state index contributed by atoms with van der Waals surface area (Å²) in [5.41, 5.74) is -0.452. The molecule has 0 aromatic heterocycles. The van der Waals surface area contributed by atoms with Gasteiger partial charge in [0.1, 0.15) is 11.9 Å². The predicted octanol–water partition coefficient (Wildman–Crippen LogP) is 2.35. The molecule has 1 aliphatic rings. The number of rotatable bonds is 4. The van der Waals surface area contributed by atoms with Crippen molar-refractivity contribution in [1.82, 2.24) is 10.2 Å². The fraction of sp³-hybridized carbons (Fsp3) is 0.571. The first-order chi connectivity index (χ1) is 10.4. The molecule has 0 amide bonds. The number of halogens is 4. The van der Waals surface area contributed by atoms with Gasteiger partial charge in [0.2, 0.25) is 0 Å². The van der Waals surface area contributed by atoms with Crippen LogP contribution in [-0.2, 0) is 0 Å². The van der Waals surface area contributed by atoms with E-state index in [2.05, 4.69) is 5.32 Å². The maximum atomic E-state index is 14.2. The molecule has 1 saturated heterocycles. The van der Waals surface area contributed by atoms with Crippen molar-refractivity contribution in [2.24, 2.45) is 0 Å². The zero-order valence-electron chi connectivity index (χ0n) is 12.3. The van der Waals surface area contributed by atoms with E-state index in [1.54, 1.807) is 0 Å².